The molecule has 0 aliphatic carbocycles. The Morgan fingerprint density at radius 2 is 2.00 bits per heavy atom. The van der Waals surface area contributed by atoms with Crippen LogP contribution in [0.5, 0.6) is 0 Å². The Hall–Kier alpha value is -3.29. The molecule has 4 amide bonds. The number of hydrogen-bond donors (Lipinski definition) is 0. The molecule has 0 unspecified atom stereocenters. The Balaban J connectivity index is 1.66. The van der Waals surface area contributed by atoms with Gasteiger partial charge in [0.15, 0.2) is 0 Å². The van der Waals surface area contributed by atoms with Crippen LogP contribution in [0, 0.1) is 11.3 Å². The molecule has 4 rings (SSSR count). The number of anilines is 1. The number of fused-ring (bicyclic) bond motifs is 5. The fraction of sp³-hybridized carbons (Fsp3) is 0.474. The molecule has 3 heterocycles. The molecule has 3 aliphatic rings. The number of nitrogens with zero attached hydrogens (tertiary/aromatic N) is 4. The van der Waals surface area contributed by atoms with Gasteiger partial charge in [0, 0.05) is 6.54 Å². The van der Waals surface area contributed by atoms with Gasteiger partial charge in [0.1, 0.15) is 6.04 Å². The first-order chi connectivity index (χ1) is 14.0. The zero-order valence-corrected chi connectivity index (χ0v) is 16.0. The van der Waals surface area contributed by atoms with Gasteiger partial charge in [-0.05, 0) is 38.5 Å². The highest BCUT2D eigenvalue weighted by Gasteiger charge is 2.63. The van der Waals surface area contributed by atoms with E-state index in [2.05, 4.69) is 0 Å². The SMILES string of the molecule is CC(C)OC(=O)N1C[C@@H]2C[C@H]1[C@H]1C(=O)N(c3ccc(C#N)c(C(F)(F)F)c3)C(=O)N21. The molecule has 2 bridgehead atoms. The molecule has 3 saturated heterocycles. The van der Waals surface area contributed by atoms with Crippen molar-refractivity contribution in [2.24, 2.45) is 0 Å². The second-order valence-corrected chi connectivity index (χ2v) is 7.69. The predicted molar refractivity (Wildman–Crippen MR) is 95.2 cm³/mol. The van der Waals surface area contributed by atoms with Gasteiger partial charge in [0.2, 0.25) is 0 Å². The standard InChI is InChI=1S/C19H17F3N4O4/c1-9(2)30-18(29)24-8-12-6-14(24)15-16(27)26(17(28)25(12)15)11-4-3-10(7-23)13(5-11)19(20,21)22/h3-5,9,12,14-15H,6,8H2,1-2H3/t12-,14-,15-/m0/s1. The molecule has 0 N–H and O–H groups in total. The van der Waals surface area contributed by atoms with Crippen LogP contribution >= 0.6 is 0 Å². The van der Waals surface area contributed by atoms with Crippen molar-refractivity contribution < 1.29 is 32.3 Å². The first-order valence-electron chi connectivity index (χ1n) is 9.29. The van der Waals surface area contributed by atoms with Gasteiger partial charge < -0.3 is 14.5 Å². The van der Waals surface area contributed by atoms with E-state index < -0.39 is 53.5 Å². The first kappa shape index (κ1) is 20.0. The molecule has 158 valence electrons. The van der Waals surface area contributed by atoms with E-state index in [1.165, 1.54) is 15.9 Å². The quantitative estimate of drug-likeness (QED) is 0.684. The van der Waals surface area contributed by atoms with Gasteiger partial charge in [-0.3, -0.25) is 4.79 Å². The maximum atomic E-state index is 13.3. The summed E-state index contributed by atoms with van der Waals surface area (Å²) in [6.07, 6.45) is -5.36. The molecule has 30 heavy (non-hydrogen) atoms. The molecule has 11 heteroatoms. The highest BCUT2D eigenvalue weighted by Crippen LogP contribution is 2.43. The first-order valence-corrected chi connectivity index (χ1v) is 9.29. The summed E-state index contributed by atoms with van der Waals surface area (Å²) in [5.41, 5.74) is -2.09. The summed E-state index contributed by atoms with van der Waals surface area (Å²) in [7, 11) is 0. The number of imide groups is 1. The van der Waals surface area contributed by atoms with Crippen molar-refractivity contribution in [2.45, 2.75) is 50.7 Å². The lowest BCUT2D eigenvalue weighted by molar-refractivity contribution is -0.137. The Morgan fingerprint density at radius 1 is 1.30 bits per heavy atom. The number of benzene rings is 1. The minimum atomic E-state index is -4.82. The van der Waals surface area contributed by atoms with Crippen LogP contribution in [-0.2, 0) is 15.7 Å². The summed E-state index contributed by atoms with van der Waals surface area (Å²) < 4.78 is 45.1. The zero-order valence-electron chi connectivity index (χ0n) is 16.0. The number of ether oxygens (including phenoxy) is 1. The van der Waals surface area contributed by atoms with Gasteiger partial charge in [-0.15, -0.1) is 0 Å². The summed E-state index contributed by atoms with van der Waals surface area (Å²) in [4.78, 5) is 41.7. The van der Waals surface area contributed by atoms with Gasteiger partial charge in [0.25, 0.3) is 5.91 Å². The number of halogens is 3. The smallest absolute Gasteiger partial charge is 0.417 e. The number of amides is 4. The van der Waals surface area contributed by atoms with E-state index in [0.717, 1.165) is 12.1 Å². The van der Waals surface area contributed by atoms with Crippen molar-refractivity contribution >= 4 is 23.7 Å². The minimum Gasteiger partial charge on any atom is -0.447 e. The maximum Gasteiger partial charge on any atom is 0.417 e. The highest BCUT2D eigenvalue weighted by atomic mass is 19.4. The van der Waals surface area contributed by atoms with Crippen LogP contribution in [0.3, 0.4) is 0 Å². The Labute approximate surface area is 169 Å². The second kappa shape index (κ2) is 6.62. The minimum absolute atomic E-state index is 0.195. The van der Waals surface area contributed by atoms with E-state index in [0.29, 0.717) is 17.4 Å². The predicted octanol–water partition coefficient (Wildman–Crippen LogP) is 2.72. The summed E-state index contributed by atoms with van der Waals surface area (Å²) in [6, 6.07) is 1.45. The van der Waals surface area contributed by atoms with Crippen molar-refractivity contribution in [2.75, 3.05) is 11.4 Å². The average molecular weight is 422 g/mol. The van der Waals surface area contributed by atoms with E-state index >= 15 is 0 Å². The average Bonchev–Trinajstić information content (AvgIpc) is 3.31. The monoisotopic (exact) mass is 422 g/mol. The molecular weight excluding hydrogens is 405 g/mol. The van der Waals surface area contributed by atoms with E-state index in [9.17, 15) is 27.6 Å². The molecule has 3 fully saturated rings. The highest BCUT2D eigenvalue weighted by molar-refractivity contribution is 6.22. The number of nitriles is 1. The summed E-state index contributed by atoms with van der Waals surface area (Å²) in [5, 5.41) is 8.94. The van der Waals surface area contributed by atoms with Crippen LogP contribution < -0.4 is 4.90 Å². The molecule has 8 nitrogen and oxygen atoms in total. The second-order valence-electron chi connectivity index (χ2n) is 7.69. The van der Waals surface area contributed by atoms with E-state index in [-0.39, 0.29) is 18.3 Å². The van der Waals surface area contributed by atoms with E-state index in [1.54, 1.807) is 13.8 Å². The van der Waals surface area contributed by atoms with Crippen molar-refractivity contribution in [3.63, 3.8) is 0 Å². The third-order valence-electron chi connectivity index (χ3n) is 5.52. The lowest BCUT2D eigenvalue weighted by Gasteiger charge is -2.34. The molecule has 0 spiro atoms. The number of alkyl halides is 3. The largest absolute Gasteiger partial charge is 0.447 e. The number of carbonyl (C=O) groups is 3. The van der Waals surface area contributed by atoms with Crippen molar-refractivity contribution in [3.05, 3.63) is 29.3 Å². The molecule has 3 aliphatic heterocycles. The Morgan fingerprint density at radius 3 is 2.60 bits per heavy atom. The summed E-state index contributed by atoms with van der Waals surface area (Å²) in [5.74, 6) is -0.702. The summed E-state index contributed by atoms with van der Waals surface area (Å²) in [6.45, 7) is 3.57. The van der Waals surface area contributed by atoms with Gasteiger partial charge in [-0.2, -0.15) is 18.4 Å². The lowest BCUT2D eigenvalue weighted by Crippen LogP contribution is -2.55. The molecule has 0 aromatic heterocycles. The number of urea groups is 1. The number of carbonyl (C=O) groups excluding carboxylic acids is 3. The Kier molecular flexibility index (Phi) is 4.41. The lowest BCUT2D eigenvalue weighted by atomic mass is 10.1. The van der Waals surface area contributed by atoms with Crippen LogP contribution in [0.1, 0.15) is 31.4 Å². The number of rotatable bonds is 2. The van der Waals surface area contributed by atoms with Crippen molar-refractivity contribution in [3.8, 4) is 6.07 Å². The fourth-order valence-electron chi connectivity index (χ4n) is 4.38. The van der Waals surface area contributed by atoms with Gasteiger partial charge in [0.05, 0.1) is 41.1 Å². The van der Waals surface area contributed by atoms with Crippen LogP contribution in [-0.4, -0.2) is 58.6 Å². The number of piperazine rings is 1. The zero-order chi connectivity index (χ0) is 22.0. The molecule has 0 radical (unpaired) electrons. The van der Waals surface area contributed by atoms with Crippen LogP contribution in [0.15, 0.2) is 18.2 Å². The molecule has 1 aromatic rings. The van der Waals surface area contributed by atoms with Crippen molar-refractivity contribution in [1.82, 2.24) is 9.80 Å². The number of hydrogen-bond acceptors (Lipinski definition) is 5. The normalized spacial score (nSPS) is 25.2. The fourth-order valence-corrected chi connectivity index (χ4v) is 4.38. The van der Waals surface area contributed by atoms with Gasteiger partial charge in [-0.25, -0.2) is 14.5 Å². The van der Waals surface area contributed by atoms with Crippen LogP contribution in [0.25, 0.3) is 0 Å². The molecule has 3 atom stereocenters. The van der Waals surface area contributed by atoms with E-state index in [4.69, 9.17) is 10.00 Å². The summed E-state index contributed by atoms with van der Waals surface area (Å²) >= 11 is 0. The third-order valence-corrected chi connectivity index (χ3v) is 5.52. The van der Waals surface area contributed by atoms with Crippen LogP contribution in [0.2, 0.25) is 0 Å². The third kappa shape index (κ3) is 2.86. The molecular formula is C19H17F3N4O4. The Bertz CT molecular complexity index is 987. The van der Waals surface area contributed by atoms with Crippen molar-refractivity contribution in [1.29, 1.82) is 5.26 Å². The van der Waals surface area contributed by atoms with Gasteiger partial charge >= 0.3 is 18.3 Å². The van der Waals surface area contributed by atoms with E-state index in [1.807, 2.05) is 0 Å². The molecule has 1 aromatic carbocycles. The number of likely N-dealkylation sites (tertiary alicyclic amines) is 1. The topological polar surface area (TPSA) is 94.0 Å². The molecule has 0 saturated carbocycles. The van der Waals surface area contributed by atoms with Gasteiger partial charge in [-0.1, -0.05) is 0 Å². The maximum absolute atomic E-state index is 13.3. The van der Waals surface area contributed by atoms with Crippen LogP contribution in [0.4, 0.5) is 28.4 Å².